The van der Waals surface area contributed by atoms with Crippen molar-refractivity contribution in [2.75, 3.05) is 19.6 Å². The maximum absolute atomic E-state index is 12.7. The molecule has 12 heteroatoms. The van der Waals surface area contributed by atoms with Gasteiger partial charge in [-0.3, -0.25) is 4.55 Å². The summed E-state index contributed by atoms with van der Waals surface area (Å²) in [6.07, 6.45) is 2.55. The number of aromatic nitrogens is 1. The fourth-order valence-corrected chi connectivity index (χ4v) is 4.58. The number of amides is 2. The number of hydroxylamine groups is 2. The summed E-state index contributed by atoms with van der Waals surface area (Å²) in [5.74, 6) is 0.585. The van der Waals surface area contributed by atoms with Crippen LogP contribution in [0.4, 0.5) is 4.79 Å². The van der Waals surface area contributed by atoms with Gasteiger partial charge in [-0.1, -0.05) is 5.16 Å². The second-order valence-electron chi connectivity index (χ2n) is 7.67. The smallest absolute Gasteiger partial charge is 0.368 e. The lowest BCUT2D eigenvalue weighted by Gasteiger charge is -2.35. The number of nitrogens with one attached hydrogen (secondary N) is 1. The first-order valence-electron chi connectivity index (χ1n) is 8.89. The summed E-state index contributed by atoms with van der Waals surface area (Å²) in [7, 11) is -4.77. The molecule has 1 aliphatic carbocycles. The van der Waals surface area contributed by atoms with Crippen LogP contribution in [0.1, 0.15) is 36.8 Å². The molecule has 11 nitrogen and oxygen atoms in total. The van der Waals surface area contributed by atoms with E-state index < -0.39 is 22.5 Å². The largest absolute Gasteiger partial charge is 0.418 e. The first kappa shape index (κ1) is 17.4. The van der Waals surface area contributed by atoms with Gasteiger partial charge in [0.25, 0.3) is 0 Å². The van der Waals surface area contributed by atoms with Gasteiger partial charge in [0.2, 0.25) is 0 Å². The van der Waals surface area contributed by atoms with Crippen molar-refractivity contribution in [3.05, 3.63) is 17.5 Å². The fourth-order valence-electron chi connectivity index (χ4n) is 4.21. The van der Waals surface area contributed by atoms with E-state index in [0.717, 1.165) is 31.0 Å². The van der Waals surface area contributed by atoms with E-state index >= 15 is 0 Å². The molecular weight excluding hydrogens is 380 g/mol. The second kappa shape index (κ2) is 5.88. The Morgan fingerprint density at radius 1 is 1.41 bits per heavy atom. The van der Waals surface area contributed by atoms with E-state index in [0.29, 0.717) is 31.0 Å². The van der Waals surface area contributed by atoms with Gasteiger partial charge in [0.05, 0.1) is 18.2 Å². The Morgan fingerprint density at radius 3 is 2.81 bits per heavy atom. The second-order valence-corrected chi connectivity index (χ2v) is 8.67. The summed E-state index contributed by atoms with van der Waals surface area (Å²) in [4.78, 5) is 14.2. The minimum atomic E-state index is -4.77. The molecule has 0 unspecified atom stereocenters. The normalized spacial score (nSPS) is 29.4. The molecule has 27 heavy (non-hydrogen) atoms. The monoisotopic (exact) mass is 400 g/mol. The zero-order chi connectivity index (χ0) is 18.8. The molecule has 2 atom stereocenters. The van der Waals surface area contributed by atoms with Crippen LogP contribution in [0.15, 0.2) is 10.6 Å². The van der Waals surface area contributed by atoms with Crippen molar-refractivity contribution >= 4 is 16.4 Å². The topological polar surface area (TPSA) is 134 Å². The molecule has 1 saturated carbocycles. The number of ether oxygens (including phenoxy) is 1. The summed E-state index contributed by atoms with van der Waals surface area (Å²) in [6.45, 7) is 2.27. The lowest BCUT2D eigenvalue weighted by atomic mass is 9.84. The van der Waals surface area contributed by atoms with Crippen molar-refractivity contribution in [2.45, 2.75) is 44.1 Å². The summed E-state index contributed by atoms with van der Waals surface area (Å²) in [5.41, 5.74) is 0.401. The van der Waals surface area contributed by atoms with Crippen LogP contribution >= 0.6 is 0 Å². The minimum absolute atomic E-state index is 0.176. The Bertz CT molecular complexity index is 863. The first-order chi connectivity index (χ1) is 12.8. The molecule has 5 rings (SSSR count). The van der Waals surface area contributed by atoms with Gasteiger partial charge in [0, 0.05) is 25.7 Å². The molecule has 0 radical (unpaired) electrons. The third-order valence-electron chi connectivity index (χ3n) is 5.96. The Labute approximate surface area is 155 Å². The molecule has 0 aromatic carbocycles. The number of carbonyl (C=O) groups is 1. The van der Waals surface area contributed by atoms with E-state index in [9.17, 15) is 13.2 Å². The van der Waals surface area contributed by atoms with Crippen molar-refractivity contribution in [2.24, 2.45) is 5.41 Å². The summed E-state index contributed by atoms with van der Waals surface area (Å²) in [5, 5.41) is 8.04. The summed E-state index contributed by atoms with van der Waals surface area (Å²) >= 11 is 0. The third-order valence-corrected chi connectivity index (χ3v) is 6.31. The van der Waals surface area contributed by atoms with Crippen LogP contribution in [-0.4, -0.2) is 65.9 Å². The molecule has 2 N–H and O–H groups in total. The predicted octanol–water partition coefficient (Wildman–Crippen LogP) is 0.229. The van der Waals surface area contributed by atoms with Crippen molar-refractivity contribution < 1.29 is 31.3 Å². The van der Waals surface area contributed by atoms with E-state index in [1.54, 1.807) is 6.07 Å². The quantitative estimate of drug-likeness (QED) is 0.643. The van der Waals surface area contributed by atoms with Gasteiger partial charge in [-0.05, 0) is 24.7 Å². The van der Waals surface area contributed by atoms with Crippen molar-refractivity contribution in [3.63, 3.8) is 0 Å². The molecule has 1 aromatic heterocycles. The Kier molecular flexibility index (Phi) is 3.78. The van der Waals surface area contributed by atoms with Gasteiger partial charge in [-0.15, -0.1) is 4.28 Å². The number of urea groups is 1. The Balaban J connectivity index is 1.35. The van der Waals surface area contributed by atoms with Crippen LogP contribution in [0.25, 0.3) is 0 Å². The molecule has 2 bridgehead atoms. The van der Waals surface area contributed by atoms with Crippen molar-refractivity contribution in [3.8, 4) is 0 Å². The van der Waals surface area contributed by atoms with Gasteiger partial charge in [0.1, 0.15) is 12.3 Å². The maximum Gasteiger partial charge on any atom is 0.418 e. The highest BCUT2D eigenvalue weighted by molar-refractivity contribution is 7.80. The van der Waals surface area contributed by atoms with Crippen LogP contribution in [0.3, 0.4) is 0 Å². The molecule has 4 aliphatic rings. The third kappa shape index (κ3) is 3.01. The zero-order valence-electron chi connectivity index (χ0n) is 14.4. The fraction of sp³-hybridized carbons (Fsp3) is 0.733. The van der Waals surface area contributed by atoms with E-state index in [1.807, 2.05) is 0 Å². The molecule has 4 heterocycles. The predicted molar refractivity (Wildman–Crippen MR) is 87.3 cm³/mol. The highest BCUT2D eigenvalue weighted by Crippen LogP contribution is 2.61. The lowest BCUT2D eigenvalue weighted by Crippen LogP contribution is -2.48. The average molecular weight is 400 g/mol. The molecule has 3 saturated heterocycles. The van der Waals surface area contributed by atoms with Crippen LogP contribution in [0, 0.1) is 5.41 Å². The maximum atomic E-state index is 12.7. The summed E-state index contributed by atoms with van der Waals surface area (Å²) < 4.78 is 46.9. The van der Waals surface area contributed by atoms with E-state index in [4.69, 9.17) is 13.8 Å². The van der Waals surface area contributed by atoms with Crippen LogP contribution in [-0.2, 0) is 26.0 Å². The highest BCUT2D eigenvalue weighted by Gasteiger charge is 2.64. The van der Waals surface area contributed by atoms with Crippen molar-refractivity contribution in [1.82, 2.24) is 20.4 Å². The van der Waals surface area contributed by atoms with Crippen LogP contribution in [0.2, 0.25) is 0 Å². The van der Waals surface area contributed by atoms with Gasteiger partial charge < -0.3 is 19.5 Å². The Morgan fingerprint density at radius 2 is 2.19 bits per heavy atom. The van der Waals surface area contributed by atoms with E-state index in [-0.39, 0.29) is 17.6 Å². The average Bonchev–Trinajstić information content (AvgIpc) is 3.06. The SMILES string of the molecule is O=C1N2C[C@H](N1OS(=O)(=O)O)C1(CC1)C[C@H]2c1cc(COC2CNC2)on1. The minimum Gasteiger partial charge on any atom is -0.368 e. The number of fused-ring (bicyclic) bond motifs is 3. The Hall–Kier alpha value is -1.73. The molecule has 3 aliphatic heterocycles. The molecule has 2 amide bonds. The van der Waals surface area contributed by atoms with Gasteiger partial charge in [-0.25, -0.2) is 4.79 Å². The molecule has 148 valence electrons. The summed E-state index contributed by atoms with van der Waals surface area (Å²) in [6, 6.07) is 0.470. The van der Waals surface area contributed by atoms with E-state index in [2.05, 4.69) is 14.8 Å². The highest BCUT2D eigenvalue weighted by atomic mass is 32.3. The molecule has 4 fully saturated rings. The number of piperidine rings is 1. The lowest BCUT2D eigenvalue weighted by molar-refractivity contribution is -0.0527. The van der Waals surface area contributed by atoms with Gasteiger partial charge >= 0.3 is 16.4 Å². The van der Waals surface area contributed by atoms with Crippen LogP contribution in [0.5, 0.6) is 0 Å². The van der Waals surface area contributed by atoms with Gasteiger partial charge in [0.15, 0.2) is 5.76 Å². The first-order valence-corrected chi connectivity index (χ1v) is 10.3. The number of rotatable bonds is 6. The number of hydrogen-bond donors (Lipinski definition) is 2. The van der Waals surface area contributed by atoms with E-state index in [1.165, 1.54) is 4.90 Å². The van der Waals surface area contributed by atoms with Crippen LogP contribution < -0.4 is 5.32 Å². The molecular formula is C15H20N4O7S. The number of hydrogen-bond acceptors (Lipinski definition) is 8. The molecule has 1 aromatic rings. The zero-order valence-corrected chi connectivity index (χ0v) is 15.2. The number of nitrogens with zero attached hydrogens (tertiary/aromatic N) is 3. The van der Waals surface area contributed by atoms with Crippen molar-refractivity contribution in [1.29, 1.82) is 0 Å². The standard InChI is InChI=1S/C15H20N4O7S/c20-14-18-7-13(19(14)26-27(21,22)23)15(1-2-15)4-12(18)11-3-9(25-17-11)8-24-10-5-16-6-10/h3,10,12-13,16H,1-2,4-8H2,(H,21,22,23)/t12-,13-/m0/s1. The van der Waals surface area contributed by atoms with Gasteiger partial charge in [-0.2, -0.15) is 13.5 Å². The number of carbonyl (C=O) groups excluding carboxylic acids is 1. The molecule has 1 spiro atoms.